The lowest BCUT2D eigenvalue weighted by Crippen LogP contribution is -2.62. The van der Waals surface area contributed by atoms with E-state index in [1.807, 2.05) is 64.1 Å². The van der Waals surface area contributed by atoms with Gasteiger partial charge in [0.05, 0.1) is 0 Å². The molecule has 0 spiro atoms. The van der Waals surface area contributed by atoms with Crippen LogP contribution in [0.1, 0.15) is 142 Å². The van der Waals surface area contributed by atoms with Crippen LogP contribution in [0.2, 0.25) is 0 Å². The molecule has 12 amide bonds. The van der Waals surface area contributed by atoms with Crippen LogP contribution >= 0.6 is 0 Å². The van der Waals surface area contributed by atoms with Crippen LogP contribution in [0.15, 0.2) is 121 Å². The monoisotopic (exact) mass is 1410 g/mol. The van der Waals surface area contributed by atoms with Crippen molar-refractivity contribution in [2.45, 2.75) is 206 Å². The largest absolute Gasteiger partial charge is 0.445 e. The smallest absolute Gasteiger partial charge is 0.407 e. The molecule has 10 atom stereocenters. The SMILES string of the molecule is CC(C)C[C@@H]1NC(=O)[C@H](CCCNC(=O)OCc2ccccc2)NC(=O)[C@H](C(C)C)NC(=O)[C@@H]2CCCN2C(=O)[C@@H](Cc2ccccc2)NC(=O)[C@H](CC(C)C)NC(=O)[C@H](CCCNC(=O)OCc2ccccc2)NC(=O)[C@H](C(C)C)NC(=O)[C@@H]2CCCN2C(=O)[C@@H](Cc2ccccc2)NC1=O. The second-order valence-electron chi connectivity index (χ2n) is 28.1. The first-order valence-electron chi connectivity index (χ1n) is 35.9. The van der Waals surface area contributed by atoms with E-state index in [9.17, 15) is 47.9 Å². The Labute approximate surface area is 598 Å². The van der Waals surface area contributed by atoms with Crippen molar-refractivity contribution in [2.24, 2.45) is 23.7 Å². The van der Waals surface area contributed by atoms with Gasteiger partial charge in [-0.3, -0.25) is 47.9 Å². The zero-order valence-corrected chi connectivity index (χ0v) is 60.0. The van der Waals surface area contributed by atoms with Gasteiger partial charge in [-0.15, -0.1) is 0 Å². The molecule has 26 heteroatoms. The standard InChI is InChI=1S/C76H104N12O14/c1-47(2)41-57-67(91)83-59(43-51-25-13-9-14-26-51)73(97)87-39-23-35-61(87)69(93)86-64(50(7)8)72(96)80-56(34-22-38-78-76(100)102-46-54-31-19-12-20-32-54)66(90)82-58(42-48(3)4)68(92)84-60(44-52-27-15-10-16-28-52)74(98)88-40-24-36-62(88)70(94)85-63(49(5)6)71(95)79-55(65(89)81-57)33-21-37-77-75(99)101-45-53-29-17-11-18-30-53/h9-20,25-32,47-50,55-64H,21-24,33-46H2,1-8H3,(H,77,99)(H,78,100)(H,79,95)(H,80,96)(H,81,89)(H,82,90)(H,83,91)(H,84,92)(H,85,94)(H,86,93)/t55-,56-,57-,58-,59+,60+,61-,62-,63-,64-/m0/s1. The Balaban J connectivity index is 1.24. The van der Waals surface area contributed by atoms with Crippen molar-refractivity contribution >= 4 is 71.3 Å². The minimum Gasteiger partial charge on any atom is -0.445 e. The zero-order valence-electron chi connectivity index (χ0n) is 60.0. The molecule has 3 heterocycles. The van der Waals surface area contributed by atoms with Gasteiger partial charge in [-0.2, -0.15) is 0 Å². The Kier molecular flexibility index (Phi) is 31.1. The summed E-state index contributed by atoms with van der Waals surface area (Å²) < 4.78 is 10.8. The maximum atomic E-state index is 15.2. The number of hydrogen-bond acceptors (Lipinski definition) is 14. The zero-order chi connectivity index (χ0) is 73.8. The highest BCUT2D eigenvalue weighted by Crippen LogP contribution is 2.24. The molecule has 10 N–H and O–H groups in total. The molecule has 102 heavy (non-hydrogen) atoms. The van der Waals surface area contributed by atoms with Crippen molar-refractivity contribution in [1.82, 2.24) is 63.0 Å². The molecule has 3 aliphatic heterocycles. The van der Waals surface area contributed by atoms with Crippen molar-refractivity contribution in [3.05, 3.63) is 144 Å². The Morgan fingerprint density at radius 1 is 0.392 bits per heavy atom. The molecule has 0 bridgehead atoms. The lowest BCUT2D eigenvalue weighted by Gasteiger charge is -2.33. The van der Waals surface area contributed by atoms with Crippen molar-refractivity contribution < 1.29 is 67.0 Å². The third-order valence-electron chi connectivity index (χ3n) is 18.2. The van der Waals surface area contributed by atoms with Gasteiger partial charge in [0.1, 0.15) is 73.6 Å². The molecule has 0 saturated carbocycles. The van der Waals surface area contributed by atoms with Crippen molar-refractivity contribution in [2.75, 3.05) is 26.2 Å². The maximum Gasteiger partial charge on any atom is 0.407 e. The number of nitrogens with zero attached hydrogens (tertiary/aromatic N) is 2. The molecule has 0 aromatic heterocycles. The van der Waals surface area contributed by atoms with Gasteiger partial charge in [-0.1, -0.05) is 177 Å². The number of amides is 12. The number of benzene rings is 4. The minimum absolute atomic E-state index is 0.00117. The highest BCUT2D eigenvalue weighted by molar-refractivity contribution is 6.00. The van der Waals surface area contributed by atoms with E-state index in [4.69, 9.17) is 9.47 Å². The van der Waals surface area contributed by atoms with Gasteiger partial charge >= 0.3 is 12.2 Å². The molecule has 0 aliphatic carbocycles. The predicted molar refractivity (Wildman–Crippen MR) is 382 cm³/mol. The number of hydrogen-bond donors (Lipinski definition) is 10. The van der Waals surface area contributed by atoms with Crippen LogP contribution in [0.4, 0.5) is 9.59 Å². The van der Waals surface area contributed by atoms with Crippen molar-refractivity contribution in [3.8, 4) is 0 Å². The topological polar surface area (TPSA) is 350 Å². The normalized spacial score (nSPS) is 23.4. The third-order valence-corrected chi connectivity index (χ3v) is 18.2. The minimum atomic E-state index is -1.38. The van der Waals surface area contributed by atoms with Gasteiger partial charge in [0.25, 0.3) is 0 Å². The second kappa shape index (κ2) is 39.9. The van der Waals surface area contributed by atoms with Crippen LogP contribution in [-0.4, -0.2) is 168 Å². The number of fused-ring (bicyclic) bond motifs is 2. The van der Waals surface area contributed by atoms with Gasteiger partial charge in [0.15, 0.2) is 0 Å². The van der Waals surface area contributed by atoms with Gasteiger partial charge in [-0.05, 0) is 110 Å². The molecule has 4 aromatic carbocycles. The van der Waals surface area contributed by atoms with Crippen molar-refractivity contribution in [1.29, 1.82) is 0 Å². The number of alkyl carbamates (subject to hydrolysis) is 2. The van der Waals surface area contributed by atoms with E-state index in [2.05, 4.69) is 53.2 Å². The van der Waals surface area contributed by atoms with Gasteiger partial charge < -0.3 is 72.4 Å². The first-order chi connectivity index (χ1) is 48.8. The Morgan fingerprint density at radius 3 is 1.02 bits per heavy atom. The summed E-state index contributed by atoms with van der Waals surface area (Å²) in [6, 6.07) is 23.1. The van der Waals surface area contributed by atoms with Gasteiger partial charge in [0, 0.05) is 39.0 Å². The number of rotatable bonds is 22. The number of nitrogens with one attached hydrogen (secondary N) is 10. The fourth-order valence-electron chi connectivity index (χ4n) is 12.8. The summed E-state index contributed by atoms with van der Waals surface area (Å²) in [4.78, 5) is 178. The second-order valence-corrected chi connectivity index (χ2v) is 28.1. The summed E-state index contributed by atoms with van der Waals surface area (Å²) in [5.41, 5.74) is 2.84. The van der Waals surface area contributed by atoms with Crippen LogP contribution in [0.3, 0.4) is 0 Å². The molecule has 0 radical (unpaired) electrons. The van der Waals surface area contributed by atoms with Crippen LogP contribution in [0, 0.1) is 23.7 Å². The number of ether oxygens (including phenoxy) is 2. The first-order valence-corrected chi connectivity index (χ1v) is 35.9. The molecule has 0 unspecified atom stereocenters. The highest BCUT2D eigenvalue weighted by Gasteiger charge is 2.44. The van der Waals surface area contributed by atoms with Crippen molar-refractivity contribution in [3.63, 3.8) is 0 Å². The lowest BCUT2D eigenvalue weighted by molar-refractivity contribution is -0.143. The molecule has 552 valence electrons. The first kappa shape index (κ1) is 79.4. The van der Waals surface area contributed by atoms with E-state index in [1.165, 1.54) is 9.80 Å². The van der Waals surface area contributed by atoms with E-state index in [0.29, 0.717) is 24.0 Å². The maximum absolute atomic E-state index is 15.2. The van der Waals surface area contributed by atoms with Crippen LogP contribution in [-0.2, 0) is 83.5 Å². The van der Waals surface area contributed by atoms with Gasteiger partial charge in [0.2, 0.25) is 59.1 Å². The van der Waals surface area contributed by atoms with Crippen LogP contribution in [0.5, 0.6) is 0 Å². The number of carbonyl (C=O) groups is 12. The van der Waals surface area contributed by atoms with E-state index in [0.717, 1.165) is 11.1 Å². The predicted octanol–water partition coefficient (Wildman–Crippen LogP) is 5.16. The quantitative estimate of drug-likeness (QED) is 0.0455. The molecular weight excluding hydrogens is 1300 g/mol. The molecule has 3 fully saturated rings. The average molecular weight is 1410 g/mol. The average Bonchev–Trinajstić information content (AvgIpc) is 1.58. The molecule has 7 rings (SSSR count). The summed E-state index contributed by atoms with van der Waals surface area (Å²) in [5.74, 6) is -8.82. The van der Waals surface area contributed by atoms with E-state index in [1.54, 1.807) is 113 Å². The Morgan fingerprint density at radius 2 is 0.696 bits per heavy atom. The lowest BCUT2D eigenvalue weighted by atomic mass is 9.98. The third kappa shape index (κ3) is 24.7. The highest BCUT2D eigenvalue weighted by atomic mass is 16.6. The number of carbonyl (C=O) groups excluding carboxylic acids is 12. The molecule has 26 nitrogen and oxygen atoms in total. The summed E-state index contributed by atoms with van der Waals surface area (Å²) in [6.07, 6.45) is -0.241. The summed E-state index contributed by atoms with van der Waals surface area (Å²) in [5, 5.41) is 28.3. The molecule has 3 aliphatic rings. The molecule has 3 saturated heterocycles. The molecular formula is C76H104N12O14. The van der Waals surface area contributed by atoms with Crippen LogP contribution < -0.4 is 53.2 Å². The summed E-state index contributed by atoms with van der Waals surface area (Å²) in [7, 11) is 0. The summed E-state index contributed by atoms with van der Waals surface area (Å²) in [6.45, 7) is 14.3. The summed E-state index contributed by atoms with van der Waals surface area (Å²) >= 11 is 0. The van der Waals surface area contributed by atoms with E-state index in [-0.39, 0.29) is 115 Å². The fourth-order valence-corrected chi connectivity index (χ4v) is 12.8. The Hall–Kier alpha value is -9.88. The fraction of sp³-hybridized carbons (Fsp3) is 0.526. The van der Waals surface area contributed by atoms with Crippen LogP contribution in [0.25, 0.3) is 0 Å². The van der Waals surface area contributed by atoms with Gasteiger partial charge in [-0.25, -0.2) is 9.59 Å². The van der Waals surface area contributed by atoms with E-state index >= 15 is 9.59 Å². The Bertz CT molecular complexity index is 3230. The molecule has 4 aromatic rings. The van der Waals surface area contributed by atoms with E-state index < -0.39 is 144 Å².